The number of rotatable bonds is 2. The van der Waals surface area contributed by atoms with E-state index < -0.39 is 11.5 Å². The highest BCUT2D eigenvalue weighted by molar-refractivity contribution is 6.34. The van der Waals surface area contributed by atoms with E-state index in [1.165, 1.54) is 13.2 Å². The van der Waals surface area contributed by atoms with Crippen molar-refractivity contribution in [1.82, 2.24) is 0 Å². The third kappa shape index (κ3) is 2.59. The molecule has 1 fully saturated rings. The summed E-state index contributed by atoms with van der Waals surface area (Å²) >= 11 is 6.27. The largest absolute Gasteiger partial charge is 0.494 e. The van der Waals surface area contributed by atoms with Gasteiger partial charge in [0, 0.05) is 0 Å². The molecule has 0 saturated heterocycles. The zero-order valence-electron chi connectivity index (χ0n) is 12.9. The van der Waals surface area contributed by atoms with Crippen molar-refractivity contribution in [3.63, 3.8) is 0 Å². The Balaban J connectivity index is 2.18. The molecule has 0 bridgehead atoms. The molecule has 1 spiro atoms. The molecule has 0 unspecified atom stereocenters. The highest BCUT2D eigenvalue weighted by Gasteiger charge is 2.44. The van der Waals surface area contributed by atoms with Crippen LogP contribution in [0.3, 0.4) is 0 Å². The second kappa shape index (κ2) is 5.88. The first-order valence-corrected chi connectivity index (χ1v) is 7.88. The molecular formula is C15H19ClFN5O. The molecular weight excluding hydrogens is 321 g/mol. The van der Waals surface area contributed by atoms with Crippen LogP contribution in [0.1, 0.15) is 32.1 Å². The smallest absolute Gasteiger partial charge is 0.220 e. The Morgan fingerprint density at radius 2 is 1.96 bits per heavy atom. The lowest BCUT2D eigenvalue weighted by molar-refractivity contribution is 0.302. The number of hydrogen-bond donors (Lipinski definition) is 2. The summed E-state index contributed by atoms with van der Waals surface area (Å²) in [6.45, 7) is 0. The first kappa shape index (κ1) is 15.9. The van der Waals surface area contributed by atoms with Crippen molar-refractivity contribution >= 4 is 29.2 Å². The standard InChI is InChI=1S/C15H19ClFN5O/c1-23-10-6-5-9(16)12(11(10)17)22-14(19)20-13(18)21-15(22)7-3-2-4-8-15/h5-6H,2-4,7-8H2,1H3,(H4,18,19,20,21). The van der Waals surface area contributed by atoms with Gasteiger partial charge in [-0.25, -0.2) is 9.38 Å². The van der Waals surface area contributed by atoms with Crippen molar-refractivity contribution in [2.45, 2.75) is 37.8 Å². The average Bonchev–Trinajstić information content (AvgIpc) is 2.50. The Morgan fingerprint density at radius 3 is 2.61 bits per heavy atom. The summed E-state index contributed by atoms with van der Waals surface area (Å²) in [6.07, 6.45) is 4.40. The number of methoxy groups -OCH3 is 1. The summed E-state index contributed by atoms with van der Waals surface area (Å²) in [5.74, 6) is -0.294. The van der Waals surface area contributed by atoms with Crippen molar-refractivity contribution < 1.29 is 9.13 Å². The molecule has 1 aliphatic heterocycles. The molecule has 8 heteroatoms. The van der Waals surface area contributed by atoms with Gasteiger partial charge in [0.2, 0.25) is 11.9 Å². The summed E-state index contributed by atoms with van der Waals surface area (Å²) in [4.78, 5) is 10.1. The summed E-state index contributed by atoms with van der Waals surface area (Å²) in [5, 5.41) is 0.224. The first-order chi connectivity index (χ1) is 11.0. The minimum atomic E-state index is -0.745. The molecule has 1 aromatic rings. The van der Waals surface area contributed by atoms with Crippen LogP contribution in [0.25, 0.3) is 0 Å². The predicted octanol–water partition coefficient (Wildman–Crippen LogP) is 2.60. The second-order valence-electron chi connectivity index (χ2n) is 5.73. The van der Waals surface area contributed by atoms with E-state index in [0.29, 0.717) is 12.8 Å². The van der Waals surface area contributed by atoms with E-state index in [9.17, 15) is 4.39 Å². The van der Waals surface area contributed by atoms with Crippen molar-refractivity contribution in [3.8, 4) is 5.75 Å². The van der Waals surface area contributed by atoms with E-state index in [1.54, 1.807) is 11.0 Å². The van der Waals surface area contributed by atoms with Crippen LogP contribution in [0.15, 0.2) is 22.1 Å². The van der Waals surface area contributed by atoms with Crippen LogP contribution in [0, 0.1) is 5.82 Å². The van der Waals surface area contributed by atoms with Gasteiger partial charge in [-0.3, -0.25) is 4.90 Å². The quantitative estimate of drug-likeness (QED) is 0.866. The Labute approximate surface area is 139 Å². The van der Waals surface area contributed by atoms with Gasteiger partial charge in [0.05, 0.1) is 12.1 Å². The fourth-order valence-corrected chi connectivity index (χ4v) is 3.56. The maximum atomic E-state index is 14.9. The minimum absolute atomic E-state index is 0.0886. The van der Waals surface area contributed by atoms with Gasteiger partial charge in [-0.1, -0.05) is 18.0 Å². The molecule has 1 saturated carbocycles. The summed E-state index contributed by atoms with van der Waals surface area (Å²) in [7, 11) is 1.40. The number of halogens is 2. The molecule has 1 heterocycles. The zero-order chi connectivity index (χ0) is 16.6. The molecule has 1 aliphatic carbocycles. The van der Waals surface area contributed by atoms with E-state index in [0.717, 1.165) is 19.3 Å². The Hall–Kier alpha value is -2.02. The molecule has 0 atom stereocenters. The normalized spacial score (nSPS) is 20.2. The fourth-order valence-electron chi connectivity index (χ4n) is 3.33. The van der Waals surface area contributed by atoms with E-state index >= 15 is 0 Å². The summed E-state index contributed by atoms with van der Waals surface area (Å²) in [6, 6.07) is 3.05. The highest BCUT2D eigenvalue weighted by Crippen LogP contribution is 2.44. The minimum Gasteiger partial charge on any atom is -0.494 e. The van der Waals surface area contributed by atoms with Crippen LogP contribution < -0.4 is 21.1 Å². The Morgan fingerprint density at radius 1 is 1.26 bits per heavy atom. The van der Waals surface area contributed by atoms with Gasteiger partial charge in [0.15, 0.2) is 11.6 Å². The van der Waals surface area contributed by atoms with E-state index in [1.807, 2.05) is 0 Å². The van der Waals surface area contributed by atoms with Gasteiger partial charge >= 0.3 is 0 Å². The zero-order valence-corrected chi connectivity index (χ0v) is 13.6. The van der Waals surface area contributed by atoms with Gasteiger partial charge in [-0.15, -0.1) is 0 Å². The lowest BCUT2D eigenvalue weighted by atomic mass is 9.87. The third-order valence-electron chi connectivity index (χ3n) is 4.33. The van der Waals surface area contributed by atoms with Gasteiger partial charge < -0.3 is 16.2 Å². The summed E-state index contributed by atoms with van der Waals surface area (Å²) in [5.41, 5.74) is 11.3. The molecule has 23 heavy (non-hydrogen) atoms. The number of nitrogens with two attached hydrogens (primary N) is 2. The first-order valence-electron chi connectivity index (χ1n) is 7.50. The van der Waals surface area contributed by atoms with Crippen molar-refractivity contribution in [2.75, 3.05) is 12.0 Å². The number of benzene rings is 1. The number of guanidine groups is 2. The third-order valence-corrected chi connectivity index (χ3v) is 4.63. The molecule has 1 aromatic carbocycles. The van der Waals surface area contributed by atoms with Crippen LogP contribution in [0.4, 0.5) is 10.1 Å². The van der Waals surface area contributed by atoms with Gasteiger partial charge in [-0.2, -0.15) is 4.99 Å². The van der Waals surface area contributed by atoms with Gasteiger partial charge in [-0.05, 0) is 37.8 Å². The lowest BCUT2D eigenvalue weighted by Gasteiger charge is -2.45. The molecule has 0 amide bonds. The maximum Gasteiger partial charge on any atom is 0.220 e. The molecule has 4 N–H and O–H groups in total. The SMILES string of the molecule is COc1ccc(Cl)c(N2C(N)=NC(N)=NC23CCCCC3)c1F. The Kier molecular flexibility index (Phi) is 4.06. The molecule has 2 aliphatic rings. The highest BCUT2D eigenvalue weighted by atomic mass is 35.5. The molecule has 3 rings (SSSR count). The van der Waals surface area contributed by atoms with E-state index in [-0.39, 0.29) is 28.4 Å². The van der Waals surface area contributed by atoms with E-state index in [4.69, 9.17) is 27.8 Å². The number of hydrogen-bond acceptors (Lipinski definition) is 6. The maximum absolute atomic E-state index is 14.9. The molecule has 6 nitrogen and oxygen atoms in total. The molecule has 0 aromatic heterocycles. The second-order valence-corrected chi connectivity index (χ2v) is 6.14. The lowest BCUT2D eigenvalue weighted by Crippen LogP contribution is -2.58. The topological polar surface area (TPSA) is 89.2 Å². The van der Waals surface area contributed by atoms with Crippen molar-refractivity contribution in [2.24, 2.45) is 21.5 Å². The van der Waals surface area contributed by atoms with E-state index in [2.05, 4.69) is 9.98 Å². The number of anilines is 1. The van der Waals surface area contributed by atoms with Crippen LogP contribution in [-0.2, 0) is 0 Å². The van der Waals surface area contributed by atoms with Crippen LogP contribution >= 0.6 is 11.6 Å². The Bertz CT molecular complexity index is 685. The van der Waals surface area contributed by atoms with Crippen LogP contribution in [-0.4, -0.2) is 24.7 Å². The van der Waals surface area contributed by atoms with Crippen molar-refractivity contribution in [1.29, 1.82) is 0 Å². The predicted molar refractivity (Wildman–Crippen MR) is 89.5 cm³/mol. The average molecular weight is 340 g/mol. The van der Waals surface area contributed by atoms with Crippen LogP contribution in [0.5, 0.6) is 5.75 Å². The molecule has 0 radical (unpaired) electrons. The molecule has 124 valence electrons. The number of aliphatic imine (C=N–C) groups is 2. The van der Waals surface area contributed by atoms with Gasteiger partial charge in [0.1, 0.15) is 11.4 Å². The monoisotopic (exact) mass is 339 g/mol. The summed E-state index contributed by atoms with van der Waals surface area (Å²) < 4.78 is 19.9. The van der Waals surface area contributed by atoms with Crippen molar-refractivity contribution in [3.05, 3.63) is 23.0 Å². The van der Waals surface area contributed by atoms with Crippen LogP contribution in [0.2, 0.25) is 5.02 Å². The fraction of sp³-hybridized carbons (Fsp3) is 0.467. The number of nitrogens with zero attached hydrogens (tertiary/aromatic N) is 3. The number of ether oxygens (including phenoxy) is 1. The van der Waals surface area contributed by atoms with Gasteiger partial charge in [0.25, 0.3) is 0 Å².